The minimum Gasteiger partial charge on any atom is -0.492 e. The van der Waals surface area contributed by atoms with Crippen molar-refractivity contribution in [3.63, 3.8) is 0 Å². The number of rotatable bonds is 4. The highest BCUT2D eigenvalue weighted by atomic mass is 35.5. The summed E-state index contributed by atoms with van der Waals surface area (Å²) in [6.07, 6.45) is 0. The van der Waals surface area contributed by atoms with Crippen molar-refractivity contribution in [1.82, 2.24) is 0 Å². The number of ether oxygens (including phenoxy) is 2. The van der Waals surface area contributed by atoms with Gasteiger partial charge in [0.2, 0.25) is 5.75 Å². The maximum Gasteiger partial charge on any atom is 0.336 e. The summed E-state index contributed by atoms with van der Waals surface area (Å²) in [7, 11) is 2.83. The van der Waals surface area contributed by atoms with E-state index in [-0.39, 0.29) is 22.8 Å². The molecule has 0 spiro atoms. The van der Waals surface area contributed by atoms with Crippen LogP contribution in [0.2, 0.25) is 0 Å². The summed E-state index contributed by atoms with van der Waals surface area (Å²) in [5.41, 5.74) is 0.498. The minimum atomic E-state index is -1.09. The van der Waals surface area contributed by atoms with Gasteiger partial charge in [-0.25, -0.2) is 4.79 Å². The van der Waals surface area contributed by atoms with Gasteiger partial charge in [0.25, 0.3) is 0 Å². The largest absolute Gasteiger partial charge is 0.492 e. The number of hydrogen-bond donors (Lipinski definition) is 1. The van der Waals surface area contributed by atoms with Gasteiger partial charge in [-0.2, -0.15) is 0 Å². The summed E-state index contributed by atoms with van der Waals surface area (Å²) in [5.74, 6) is -0.435. The molecule has 1 aromatic rings. The first kappa shape index (κ1) is 12.4. The van der Waals surface area contributed by atoms with Crippen molar-refractivity contribution < 1.29 is 23.7 Å². The first-order valence-electron chi connectivity index (χ1n) is 4.34. The van der Waals surface area contributed by atoms with Crippen molar-refractivity contribution in [2.45, 2.75) is 6.92 Å². The third-order valence-corrected chi connectivity index (χ3v) is 2.34. The van der Waals surface area contributed by atoms with Gasteiger partial charge in [0.15, 0.2) is 11.5 Å². The summed E-state index contributed by atoms with van der Waals surface area (Å²) in [4.78, 5) is 11.0. The molecule has 0 aliphatic heterocycles. The Kier molecular flexibility index (Phi) is 3.84. The summed E-state index contributed by atoms with van der Waals surface area (Å²) in [5, 5.41) is 8.97. The second kappa shape index (κ2) is 4.94. The Balaban J connectivity index is 3.54. The van der Waals surface area contributed by atoms with E-state index in [9.17, 15) is 4.79 Å². The summed E-state index contributed by atoms with van der Waals surface area (Å²) >= 11 is 5.24. The smallest absolute Gasteiger partial charge is 0.336 e. The zero-order valence-corrected chi connectivity index (χ0v) is 9.79. The van der Waals surface area contributed by atoms with E-state index in [4.69, 9.17) is 26.4 Å². The van der Waals surface area contributed by atoms with Gasteiger partial charge in [-0.3, -0.25) is 0 Å². The molecule has 0 atom stereocenters. The standard InChI is InChI=1S/C10H11ClO5/c1-5-6(10(12)13)4-7(16-11)9(15-3)8(5)14-2/h4H,1-3H3,(H,12,13). The highest BCUT2D eigenvalue weighted by Crippen LogP contribution is 2.42. The van der Waals surface area contributed by atoms with E-state index in [2.05, 4.69) is 4.29 Å². The Morgan fingerprint density at radius 2 is 1.88 bits per heavy atom. The molecule has 0 amide bonds. The van der Waals surface area contributed by atoms with E-state index in [0.717, 1.165) is 0 Å². The summed E-state index contributed by atoms with van der Waals surface area (Å²) in [6.45, 7) is 1.61. The quantitative estimate of drug-likeness (QED) is 0.883. The van der Waals surface area contributed by atoms with Gasteiger partial charge in [0.05, 0.1) is 19.8 Å². The Hall–Kier alpha value is -1.62. The predicted molar refractivity (Wildman–Crippen MR) is 57.7 cm³/mol. The molecule has 1 N–H and O–H groups in total. The average Bonchev–Trinajstić information content (AvgIpc) is 2.27. The van der Waals surface area contributed by atoms with Crippen LogP contribution in [0.25, 0.3) is 0 Å². The fourth-order valence-corrected chi connectivity index (χ4v) is 1.54. The van der Waals surface area contributed by atoms with Crippen molar-refractivity contribution in [3.8, 4) is 17.2 Å². The first-order valence-corrected chi connectivity index (χ1v) is 4.65. The van der Waals surface area contributed by atoms with Crippen LogP contribution in [-0.4, -0.2) is 25.3 Å². The molecule has 5 nitrogen and oxygen atoms in total. The molecule has 0 aromatic heterocycles. The lowest BCUT2D eigenvalue weighted by Crippen LogP contribution is -2.04. The summed E-state index contributed by atoms with van der Waals surface area (Å²) < 4.78 is 14.6. The molecule has 0 saturated carbocycles. The SMILES string of the molecule is COc1c(OCl)cc(C(=O)O)c(C)c1OC. The van der Waals surface area contributed by atoms with Crippen LogP contribution < -0.4 is 13.8 Å². The normalized spacial score (nSPS) is 9.75. The number of benzene rings is 1. The van der Waals surface area contributed by atoms with Gasteiger partial charge in [-0.15, -0.1) is 0 Å². The van der Waals surface area contributed by atoms with Crippen LogP contribution in [0.3, 0.4) is 0 Å². The second-order valence-electron chi connectivity index (χ2n) is 3.00. The Morgan fingerprint density at radius 1 is 1.31 bits per heavy atom. The molecule has 1 rings (SSSR count). The highest BCUT2D eigenvalue weighted by Gasteiger charge is 2.21. The van der Waals surface area contributed by atoms with E-state index in [1.165, 1.54) is 20.3 Å². The Labute approximate surface area is 97.7 Å². The molecule has 0 unspecified atom stereocenters. The molecule has 1 aromatic carbocycles. The summed E-state index contributed by atoms with van der Waals surface area (Å²) in [6, 6.07) is 1.28. The maximum absolute atomic E-state index is 11.0. The monoisotopic (exact) mass is 246 g/mol. The lowest BCUT2D eigenvalue weighted by molar-refractivity contribution is 0.0695. The third kappa shape index (κ3) is 1.99. The number of halogens is 1. The van der Waals surface area contributed by atoms with Crippen LogP contribution in [0.15, 0.2) is 6.07 Å². The topological polar surface area (TPSA) is 65.0 Å². The lowest BCUT2D eigenvalue weighted by Gasteiger charge is -2.14. The van der Waals surface area contributed by atoms with Crippen LogP contribution in [0.1, 0.15) is 15.9 Å². The fourth-order valence-electron chi connectivity index (χ4n) is 1.43. The van der Waals surface area contributed by atoms with Crippen molar-refractivity contribution >= 4 is 17.8 Å². The number of aromatic carboxylic acids is 1. The van der Waals surface area contributed by atoms with Crippen molar-refractivity contribution in [3.05, 3.63) is 17.2 Å². The molecule has 0 aliphatic carbocycles. The molecular formula is C10H11ClO5. The van der Waals surface area contributed by atoms with Crippen LogP contribution >= 0.6 is 11.9 Å². The van der Waals surface area contributed by atoms with Crippen molar-refractivity contribution in [2.75, 3.05) is 14.2 Å². The van der Waals surface area contributed by atoms with Gasteiger partial charge in [0.1, 0.15) is 11.9 Å². The highest BCUT2D eigenvalue weighted by molar-refractivity contribution is 6.09. The molecule has 88 valence electrons. The van der Waals surface area contributed by atoms with Crippen molar-refractivity contribution in [1.29, 1.82) is 0 Å². The Bertz CT molecular complexity index is 416. The van der Waals surface area contributed by atoms with Gasteiger partial charge >= 0.3 is 5.97 Å². The van der Waals surface area contributed by atoms with E-state index in [1.807, 2.05) is 0 Å². The number of carboxylic acids is 1. The molecule has 0 heterocycles. The second-order valence-corrected chi connectivity index (χ2v) is 3.15. The molecule has 0 radical (unpaired) electrons. The van der Waals surface area contributed by atoms with E-state index in [0.29, 0.717) is 5.56 Å². The van der Waals surface area contributed by atoms with E-state index >= 15 is 0 Å². The Morgan fingerprint density at radius 3 is 2.25 bits per heavy atom. The molecule has 16 heavy (non-hydrogen) atoms. The molecule has 0 fully saturated rings. The van der Waals surface area contributed by atoms with Gasteiger partial charge in [-0.05, 0) is 6.92 Å². The number of carbonyl (C=O) groups is 1. The molecule has 0 bridgehead atoms. The third-order valence-electron chi connectivity index (χ3n) is 2.17. The lowest BCUT2D eigenvalue weighted by atomic mass is 10.1. The van der Waals surface area contributed by atoms with Crippen LogP contribution in [0, 0.1) is 6.92 Å². The number of hydrogen-bond acceptors (Lipinski definition) is 4. The van der Waals surface area contributed by atoms with E-state index in [1.54, 1.807) is 6.92 Å². The average molecular weight is 247 g/mol. The first-order chi connectivity index (χ1) is 7.56. The molecule has 0 saturated heterocycles. The number of carboxylic acid groups (broad SMARTS) is 1. The molecule has 6 heteroatoms. The number of methoxy groups -OCH3 is 2. The van der Waals surface area contributed by atoms with Crippen molar-refractivity contribution in [2.24, 2.45) is 0 Å². The van der Waals surface area contributed by atoms with Crippen LogP contribution in [0.4, 0.5) is 0 Å². The predicted octanol–water partition coefficient (Wildman–Crippen LogP) is 2.24. The fraction of sp³-hybridized carbons (Fsp3) is 0.300. The van der Waals surface area contributed by atoms with Crippen LogP contribution in [0.5, 0.6) is 17.2 Å². The van der Waals surface area contributed by atoms with Gasteiger partial charge in [-0.1, -0.05) is 0 Å². The molecule has 0 aliphatic rings. The zero-order chi connectivity index (χ0) is 12.3. The zero-order valence-electron chi connectivity index (χ0n) is 9.04. The van der Waals surface area contributed by atoms with Gasteiger partial charge in [0, 0.05) is 11.6 Å². The molecular weight excluding hydrogens is 236 g/mol. The van der Waals surface area contributed by atoms with Gasteiger partial charge < -0.3 is 18.9 Å². The van der Waals surface area contributed by atoms with Crippen LogP contribution in [-0.2, 0) is 0 Å². The maximum atomic E-state index is 11.0. The van der Waals surface area contributed by atoms with E-state index < -0.39 is 5.97 Å². The minimum absolute atomic E-state index is 0.0494.